The topological polar surface area (TPSA) is 124 Å². The zero-order valence-corrected chi connectivity index (χ0v) is 27.6. The highest BCUT2D eigenvalue weighted by Crippen LogP contribution is 2.33. The minimum Gasteiger partial charge on any atom is -0.449 e. The summed E-state index contributed by atoms with van der Waals surface area (Å²) in [7, 11) is 1.72. The molecule has 1 aromatic heterocycles. The number of rotatable bonds is 3. The average Bonchev–Trinajstić information content (AvgIpc) is 3.10. The molecule has 0 fully saturated rings. The number of H-pyrrole nitrogens is 1. The van der Waals surface area contributed by atoms with E-state index in [9.17, 15) is 19.2 Å². The summed E-state index contributed by atoms with van der Waals surface area (Å²) in [4.78, 5) is 59.8. The number of benzene rings is 4. The standard InChI is InChI=1S/C39H37N5O5/c1-23-18-27-9-12-31(23)24(2)22-49-39(48)42-29-11-13-34(44-17-15-25-6-4-5-7-32(25)37(44)46)28(19-29)21-43(3)38(47)35(27)41-30-10-8-26-14-16-40-36(45)33(26)20-30/h4-14,16,18-20,24,35,41H,15,17,21-22H2,1-3H3,(H,40,45)(H,42,48)/t24-,35+/m0/s1. The zero-order valence-electron chi connectivity index (χ0n) is 27.6. The Bertz CT molecular complexity index is 2180. The molecule has 3 aliphatic heterocycles. The summed E-state index contributed by atoms with van der Waals surface area (Å²) >= 11 is 0. The van der Waals surface area contributed by atoms with Crippen LogP contribution < -0.4 is 21.1 Å². The molecule has 248 valence electrons. The Kier molecular flexibility index (Phi) is 8.38. The van der Waals surface area contributed by atoms with Crippen molar-refractivity contribution in [1.82, 2.24) is 9.88 Å². The quantitative estimate of drug-likeness (QED) is 0.204. The molecule has 0 spiro atoms. The number of pyridine rings is 1. The van der Waals surface area contributed by atoms with Crippen LogP contribution in [0.25, 0.3) is 10.8 Å². The molecule has 10 nitrogen and oxygen atoms in total. The van der Waals surface area contributed by atoms with Crippen molar-refractivity contribution in [1.29, 1.82) is 0 Å². The van der Waals surface area contributed by atoms with Crippen molar-refractivity contribution >= 4 is 45.7 Å². The third-order valence-corrected chi connectivity index (χ3v) is 9.45. The van der Waals surface area contributed by atoms with Gasteiger partial charge in [-0.15, -0.1) is 0 Å². The minimum atomic E-state index is -0.799. The number of aromatic nitrogens is 1. The molecule has 0 aliphatic carbocycles. The van der Waals surface area contributed by atoms with Gasteiger partial charge in [-0.25, -0.2) is 4.79 Å². The molecule has 2 atom stereocenters. The van der Waals surface area contributed by atoms with E-state index in [1.807, 2.05) is 80.6 Å². The highest BCUT2D eigenvalue weighted by Gasteiger charge is 2.30. The van der Waals surface area contributed by atoms with Crippen LogP contribution in [-0.2, 0) is 22.5 Å². The van der Waals surface area contributed by atoms with Gasteiger partial charge in [0.25, 0.3) is 11.5 Å². The molecular formula is C39H37N5O5. The molecule has 3 N–H and O–H groups in total. The van der Waals surface area contributed by atoms with Crippen LogP contribution in [0, 0.1) is 6.92 Å². The van der Waals surface area contributed by atoms with E-state index in [1.165, 1.54) is 0 Å². The fourth-order valence-electron chi connectivity index (χ4n) is 6.87. The first kappa shape index (κ1) is 31.7. The number of likely N-dealkylation sites (N-methyl/N-ethyl adjacent to an activating group) is 1. The van der Waals surface area contributed by atoms with Crippen LogP contribution in [0.4, 0.5) is 21.9 Å². The maximum atomic E-state index is 14.5. The van der Waals surface area contributed by atoms with E-state index < -0.39 is 12.1 Å². The predicted octanol–water partition coefficient (Wildman–Crippen LogP) is 6.52. The van der Waals surface area contributed by atoms with Gasteiger partial charge in [-0.1, -0.05) is 49.4 Å². The SMILES string of the molecule is Cc1cc2ccc1[C@@H](C)COC(=O)Nc1ccc(N3CCc4ccccc4C3=O)c(c1)CN(C)C(=O)[C@@H]2Nc1ccc2cc[nH]c(=O)c2c1. The van der Waals surface area contributed by atoms with Gasteiger partial charge in [0.05, 0.1) is 6.61 Å². The van der Waals surface area contributed by atoms with E-state index >= 15 is 0 Å². The number of fused-ring (bicyclic) bond motifs is 11. The van der Waals surface area contributed by atoms with Crippen LogP contribution in [0.5, 0.6) is 0 Å². The van der Waals surface area contributed by atoms with Gasteiger partial charge in [0.1, 0.15) is 6.04 Å². The predicted molar refractivity (Wildman–Crippen MR) is 190 cm³/mol. The highest BCUT2D eigenvalue weighted by molar-refractivity contribution is 6.08. The van der Waals surface area contributed by atoms with Crippen LogP contribution in [-0.4, -0.2) is 48.0 Å². The summed E-state index contributed by atoms with van der Waals surface area (Å²) in [6, 6.07) is 25.3. The Morgan fingerprint density at radius 2 is 1.73 bits per heavy atom. The Labute approximate surface area is 283 Å². The van der Waals surface area contributed by atoms with Crippen molar-refractivity contribution in [3.8, 4) is 0 Å². The van der Waals surface area contributed by atoms with Crippen molar-refractivity contribution in [3.05, 3.63) is 135 Å². The Morgan fingerprint density at radius 3 is 2.57 bits per heavy atom. The van der Waals surface area contributed by atoms with E-state index in [0.29, 0.717) is 46.5 Å². The third-order valence-electron chi connectivity index (χ3n) is 9.45. The molecule has 3 amide bonds. The van der Waals surface area contributed by atoms with Gasteiger partial charge in [-0.3, -0.25) is 19.7 Å². The fourth-order valence-corrected chi connectivity index (χ4v) is 6.87. The second-order valence-corrected chi connectivity index (χ2v) is 12.8. The number of hydrogen-bond donors (Lipinski definition) is 3. The number of carbonyl (C=O) groups is 3. The summed E-state index contributed by atoms with van der Waals surface area (Å²) in [5.74, 6) is -0.432. The molecule has 49 heavy (non-hydrogen) atoms. The minimum absolute atomic E-state index is 0.101. The van der Waals surface area contributed by atoms with Gasteiger partial charge in [0, 0.05) is 60.3 Å². The van der Waals surface area contributed by atoms with E-state index in [4.69, 9.17) is 4.74 Å². The number of hydrogen-bond acceptors (Lipinski definition) is 6. The first-order chi connectivity index (χ1) is 23.7. The molecule has 3 aliphatic rings. The second-order valence-electron chi connectivity index (χ2n) is 12.8. The molecule has 10 heteroatoms. The van der Waals surface area contributed by atoms with E-state index in [1.54, 1.807) is 41.2 Å². The van der Waals surface area contributed by atoms with Crippen LogP contribution >= 0.6 is 0 Å². The summed E-state index contributed by atoms with van der Waals surface area (Å²) in [5.41, 5.74) is 6.59. The van der Waals surface area contributed by atoms with Crippen LogP contribution in [0.2, 0.25) is 0 Å². The van der Waals surface area contributed by atoms with Crippen molar-refractivity contribution in [3.63, 3.8) is 0 Å². The average molecular weight is 656 g/mol. The lowest BCUT2D eigenvalue weighted by molar-refractivity contribution is -0.131. The van der Waals surface area contributed by atoms with Gasteiger partial charge in [-0.2, -0.15) is 0 Å². The van der Waals surface area contributed by atoms with Gasteiger partial charge >= 0.3 is 6.09 Å². The van der Waals surface area contributed by atoms with Gasteiger partial charge < -0.3 is 24.8 Å². The smallest absolute Gasteiger partial charge is 0.411 e. The monoisotopic (exact) mass is 655 g/mol. The number of carbonyl (C=O) groups excluding carboxylic acids is 3. The Morgan fingerprint density at radius 1 is 0.898 bits per heavy atom. The zero-order chi connectivity index (χ0) is 34.2. The van der Waals surface area contributed by atoms with Crippen LogP contribution in [0.3, 0.4) is 0 Å². The van der Waals surface area contributed by atoms with E-state index in [0.717, 1.165) is 27.6 Å². The molecule has 0 saturated heterocycles. The first-order valence-corrected chi connectivity index (χ1v) is 16.4. The normalized spacial score (nSPS) is 18.2. The molecule has 4 heterocycles. The third kappa shape index (κ3) is 6.25. The van der Waals surface area contributed by atoms with Crippen molar-refractivity contribution in [2.75, 3.05) is 35.7 Å². The maximum absolute atomic E-state index is 14.5. The maximum Gasteiger partial charge on any atom is 0.411 e. The number of nitrogens with zero attached hydrogens (tertiary/aromatic N) is 2. The molecule has 0 saturated carbocycles. The lowest BCUT2D eigenvalue weighted by Crippen LogP contribution is -2.39. The highest BCUT2D eigenvalue weighted by atomic mass is 16.5. The summed E-state index contributed by atoms with van der Waals surface area (Å²) < 4.78 is 5.63. The van der Waals surface area contributed by atoms with Gasteiger partial charge in [0.15, 0.2) is 0 Å². The van der Waals surface area contributed by atoms with Gasteiger partial charge in [-0.05, 0) is 89.0 Å². The number of nitrogens with one attached hydrogen (secondary N) is 3. The second kappa shape index (κ2) is 13.0. The molecule has 0 radical (unpaired) electrons. The largest absolute Gasteiger partial charge is 0.449 e. The van der Waals surface area contributed by atoms with Crippen LogP contribution in [0.1, 0.15) is 57.1 Å². The number of aromatic amines is 1. The number of ether oxygens (including phenoxy) is 1. The first-order valence-electron chi connectivity index (χ1n) is 16.4. The number of aryl methyl sites for hydroxylation is 1. The van der Waals surface area contributed by atoms with Gasteiger partial charge in [0.2, 0.25) is 5.91 Å². The van der Waals surface area contributed by atoms with Crippen LogP contribution in [0.15, 0.2) is 95.9 Å². The van der Waals surface area contributed by atoms with Crippen molar-refractivity contribution in [2.45, 2.75) is 38.8 Å². The summed E-state index contributed by atoms with van der Waals surface area (Å²) in [6.45, 7) is 4.75. The molecule has 0 unspecified atom stereocenters. The number of anilines is 3. The van der Waals surface area contributed by atoms with Crippen molar-refractivity contribution < 1.29 is 19.1 Å². The lowest BCUT2D eigenvalue weighted by Gasteiger charge is -2.32. The summed E-state index contributed by atoms with van der Waals surface area (Å²) in [5, 5.41) is 7.55. The molecule has 4 bridgehead atoms. The Balaban J connectivity index is 1.29. The molecule has 4 aromatic carbocycles. The summed E-state index contributed by atoms with van der Waals surface area (Å²) in [6.07, 6.45) is 1.72. The molecular weight excluding hydrogens is 618 g/mol. The number of amides is 3. The molecule has 5 aromatic rings. The van der Waals surface area contributed by atoms with Crippen molar-refractivity contribution in [2.24, 2.45) is 0 Å². The van der Waals surface area contributed by atoms with E-state index in [2.05, 4.69) is 15.6 Å². The molecule has 8 rings (SSSR count). The Hall–Kier alpha value is -5.90. The van der Waals surface area contributed by atoms with E-state index in [-0.39, 0.29) is 36.4 Å². The lowest BCUT2D eigenvalue weighted by atomic mass is 9.92. The fraction of sp³-hybridized carbons (Fsp3) is 0.231.